The van der Waals surface area contributed by atoms with Gasteiger partial charge in [0, 0.05) is 15.7 Å². The van der Waals surface area contributed by atoms with Crippen molar-refractivity contribution in [3.05, 3.63) is 23.8 Å². The van der Waals surface area contributed by atoms with Crippen molar-refractivity contribution in [1.29, 1.82) is 0 Å². The van der Waals surface area contributed by atoms with Gasteiger partial charge in [0.1, 0.15) is 6.29 Å². The first-order chi connectivity index (χ1) is 5.65. The Labute approximate surface area is 83.0 Å². The molecule has 0 saturated carbocycles. The maximum Gasteiger partial charge on any atom is 0.127 e. The summed E-state index contributed by atoms with van der Waals surface area (Å²) in [4.78, 5) is 12.2. The van der Waals surface area contributed by atoms with Crippen LogP contribution in [0.25, 0.3) is 0 Å². The second kappa shape index (κ2) is 4.01. The van der Waals surface area contributed by atoms with Crippen LogP contribution in [0.2, 0.25) is 0 Å². The van der Waals surface area contributed by atoms with Gasteiger partial charge in [-0.15, -0.1) is 25.3 Å². The van der Waals surface area contributed by atoms with Gasteiger partial charge >= 0.3 is 0 Å². The average Bonchev–Trinajstić information content (AvgIpc) is 2.03. The van der Waals surface area contributed by atoms with E-state index in [1.165, 1.54) is 0 Å². The summed E-state index contributed by atoms with van der Waals surface area (Å²) in [6.45, 7) is 1.85. The summed E-state index contributed by atoms with van der Waals surface area (Å²) in [6, 6.07) is 5.57. The topological polar surface area (TPSA) is 17.1 Å². The Balaban J connectivity index is 3.09. The van der Waals surface area contributed by atoms with Crippen molar-refractivity contribution in [2.45, 2.75) is 22.6 Å². The van der Waals surface area contributed by atoms with Gasteiger partial charge in [-0.2, -0.15) is 0 Å². The third-order valence-electron chi connectivity index (χ3n) is 1.71. The van der Waals surface area contributed by atoms with Gasteiger partial charge in [-0.1, -0.05) is 13.0 Å². The molecule has 1 atom stereocenters. The second-order valence-corrected chi connectivity index (χ2v) is 3.67. The van der Waals surface area contributed by atoms with Crippen molar-refractivity contribution in [3.63, 3.8) is 0 Å². The predicted octanol–water partition coefficient (Wildman–Crippen LogP) is 2.57. The maximum absolute atomic E-state index is 10.5. The molecule has 0 radical (unpaired) electrons. The summed E-state index contributed by atoms with van der Waals surface area (Å²) in [6.07, 6.45) is 0.910. The second-order valence-electron chi connectivity index (χ2n) is 2.67. The molecule has 0 saturated heterocycles. The van der Waals surface area contributed by atoms with Gasteiger partial charge in [-0.3, -0.25) is 0 Å². The van der Waals surface area contributed by atoms with Crippen LogP contribution in [0.1, 0.15) is 18.4 Å². The van der Waals surface area contributed by atoms with E-state index in [-0.39, 0.29) is 5.92 Å². The number of thiol groups is 2. The first kappa shape index (κ1) is 9.68. The molecule has 0 aliphatic heterocycles. The third-order valence-corrected chi connectivity index (χ3v) is 2.37. The van der Waals surface area contributed by atoms with Crippen molar-refractivity contribution in [2.75, 3.05) is 0 Å². The van der Waals surface area contributed by atoms with Crippen LogP contribution in [0.4, 0.5) is 0 Å². The number of hydrogen-bond acceptors (Lipinski definition) is 3. The highest BCUT2D eigenvalue weighted by Gasteiger charge is 2.06. The quantitative estimate of drug-likeness (QED) is 0.552. The van der Waals surface area contributed by atoms with E-state index in [4.69, 9.17) is 0 Å². The van der Waals surface area contributed by atoms with Crippen molar-refractivity contribution in [3.8, 4) is 0 Å². The number of benzene rings is 1. The van der Waals surface area contributed by atoms with Crippen molar-refractivity contribution in [2.24, 2.45) is 0 Å². The zero-order chi connectivity index (χ0) is 9.14. The summed E-state index contributed by atoms with van der Waals surface area (Å²) in [7, 11) is 0. The fraction of sp³-hybridized carbons (Fsp3) is 0.222. The zero-order valence-electron chi connectivity index (χ0n) is 6.69. The van der Waals surface area contributed by atoms with E-state index in [9.17, 15) is 4.79 Å². The first-order valence-corrected chi connectivity index (χ1v) is 4.51. The molecule has 0 N–H and O–H groups in total. The van der Waals surface area contributed by atoms with E-state index < -0.39 is 0 Å². The SMILES string of the molecule is CC(C=O)c1ccc(S)cc1S. The molecular weight excluding hydrogens is 188 g/mol. The summed E-state index contributed by atoms with van der Waals surface area (Å²) in [5.74, 6) is -0.0913. The number of aldehydes is 1. The lowest BCUT2D eigenvalue weighted by molar-refractivity contribution is -0.108. The van der Waals surface area contributed by atoms with Crippen molar-refractivity contribution in [1.82, 2.24) is 0 Å². The fourth-order valence-electron chi connectivity index (χ4n) is 0.990. The van der Waals surface area contributed by atoms with Gasteiger partial charge in [0.05, 0.1) is 0 Å². The van der Waals surface area contributed by atoms with Gasteiger partial charge in [-0.05, 0) is 17.7 Å². The van der Waals surface area contributed by atoms with E-state index in [1.54, 1.807) is 0 Å². The normalized spacial score (nSPS) is 12.6. The van der Waals surface area contributed by atoms with Crippen LogP contribution in [0.5, 0.6) is 0 Å². The minimum absolute atomic E-state index is 0.0913. The lowest BCUT2D eigenvalue weighted by Crippen LogP contribution is -1.95. The van der Waals surface area contributed by atoms with Crippen LogP contribution in [-0.2, 0) is 4.79 Å². The Hall–Kier alpha value is -0.410. The van der Waals surface area contributed by atoms with Gasteiger partial charge < -0.3 is 4.79 Å². The lowest BCUT2D eigenvalue weighted by Gasteiger charge is -2.07. The van der Waals surface area contributed by atoms with E-state index in [0.717, 1.165) is 21.6 Å². The monoisotopic (exact) mass is 198 g/mol. The van der Waals surface area contributed by atoms with E-state index in [2.05, 4.69) is 25.3 Å². The fourth-order valence-corrected chi connectivity index (χ4v) is 1.71. The minimum Gasteiger partial charge on any atom is -0.303 e. The Kier molecular flexibility index (Phi) is 3.23. The molecule has 12 heavy (non-hydrogen) atoms. The minimum atomic E-state index is -0.0913. The van der Waals surface area contributed by atoms with Gasteiger partial charge in [0.2, 0.25) is 0 Å². The maximum atomic E-state index is 10.5. The van der Waals surface area contributed by atoms with E-state index in [0.29, 0.717) is 0 Å². The molecule has 0 aliphatic carbocycles. The predicted molar refractivity (Wildman–Crippen MR) is 55.4 cm³/mol. The van der Waals surface area contributed by atoms with Crippen LogP contribution in [0, 0.1) is 0 Å². The van der Waals surface area contributed by atoms with Gasteiger partial charge in [0.25, 0.3) is 0 Å². The Morgan fingerprint density at radius 2 is 2.08 bits per heavy atom. The largest absolute Gasteiger partial charge is 0.303 e. The summed E-state index contributed by atoms with van der Waals surface area (Å²) >= 11 is 8.42. The number of carbonyl (C=O) groups is 1. The first-order valence-electron chi connectivity index (χ1n) is 3.62. The van der Waals surface area contributed by atoms with Crippen LogP contribution < -0.4 is 0 Å². The molecule has 64 valence electrons. The molecule has 0 amide bonds. The molecule has 0 heterocycles. The van der Waals surface area contributed by atoms with E-state index >= 15 is 0 Å². The number of rotatable bonds is 2. The van der Waals surface area contributed by atoms with Crippen molar-refractivity contribution >= 4 is 31.5 Å². The highest BCUT2D eigenvalue weighted by molar-refractivity contribution is 7.81. The molecule has 0 aromatic heterocycles. The molecule has 0 aliphatic rings. The third kappa shape index (κ3) is 2.05. The molecule has 1 unspecified atom stereocenters. The molecule has 1 aromatic rings. The van der Waals surface area contributed by atoms with Crippen LogP contribution in [0.3, 0.4) is 0 Å². The number of carbonyl (C=O) groups excluding carboxylic acids is 1. The molecular formula is C9H10OS2. The van der Waals surface area contributed by atoms with Crippen LogP contribution in [0.15, 0.2) is 28.0 Å². The highest BCUT2D eigenvalue weighted by Crippen LogP contribution is 2.23. The average molecular weight is 198 g/mol. The smallest absolute Gasteiger partial charge is 0.127 e. The van der Waals surface area contributed by atoms with Crippen LogP contribution >= 0.6 is 25.3 Å². The van der Waals surface area contributed by atoms with Crippen LogP contribution in [-0.4, -0.2) is 6.29 Å². The molecule has 1 nitrogen and oxygen atoms in total. The lowest BCUT2D eigenvalue weighted by atomic mass is 10.0. The standard InChI is InChI=1S/C9H10OS2/c1-6(5-10)8-3-2-7(11)4-9(8)12/h2-6,11-12H,1H3. The molecule has 0 fully saturated rings. The zero-order valence-corrected chi connectivity index (χ0v) is 8.48. The summed E-state index contributed by atoms with van der Waals surface area (Å²) < 4.78 is 0. The molecule has 1 rings (SSSR count). The molecule has 0 spiro atoms. The Morgan fingerprint density at radius 1 is 1.42 bits per heavy atom. The highest BCUT2D eigenvalue weighted by atomic mass is 32.1. The summed E-state index contributed by atoms with van der Waals surface area (Å²) in [5, 5.41) is 0. The Bertz CT molecular complexity index is 297. The molecule has 1 aromatic carbocycles. The Morgan fingerprint density at radius 3 is 2.58 bits per heavy atom. The van der Waals surface area contributed by atoms with Gasteiger partial charge in [0.15, 0.2) is 0 Å². The van der Waals surface area contributed by atoms with Gasteiger partial charge in [-0.25, -0.2) is 0 Å². The number of hydrogen-bond donors (Lipinski definition) is 2. The van der Waals surface area contributed by atoms with E-state index in [1.807, 2.05) is 25.1 Å². The summed E-state index contributed by atoms with van der Waals surface area (Å²) in [5.41, 5.74) is 0.950. The molecule has 3 heteroatoms. The van der Waals surface area contributed by atoms with Crippen molar-refractivity contribution < 1.29 is 4.79 Å². The molecule has 0 bridgehead atoms.